The van der Waals surface area contributed by atoms with Crippen LogP contribution >= 0.6 is 11.3 Å². The quantitative estimate of drug-likeness (QED) is 0.888. The van der Waals surface area contributed by atoms with E-state index in [0.29, 0.717) is 28.8 Å². The Bertz CT molecular complexity index is 672. The van der Waals surface area contributed by atoms with E-state index in [1.54, 1.807) is 28.4 Å². The fraction of sp³-hybridized carbons (Fsp3) is 0.357. The van der Waals surface area contributed by atoms with Gasteiger partial charge in [0.05, 0.1) is 5.56 Å². The molecule has 1 aliphatic rings. The highest BCUT2D eigenvalue weighted by Gasteiger charge is 2.25. The molecular formula is C14H16N4O2S. The monoisotopic (exact) mass is 304 g/mol. The highest BCUT2D eigenvalue weighted by Crippen LogP contribution is 2.26. The number of amides is 2. The smallest absolute Gasteiger partial charge is 0.276 e. The molecule has 0 aliphatic heterocycles. The number of carbonyl (C=O) groups is 2. The molecule has 1 fully saturated rings. The second-order valence-corrected chi connectivity index (χ2v) is 5.84. The van der Waals surface area contributed by atoms with E-state index < -0.39 is 0 Å². The van der Waals surface area contributed by atoms with Crippen LogP contribution in [0, 0.1) is 0 Å². The van der Waals surface area contributed by atoms with E-state index in [0.717, 1.165) is 12.8 Å². The summed E-state index contributed by atoms with van der Waals surface area (Å²) in [5.41, 5.74) is 0.856. The number of thiophene rings is 1. The number of rotatable bonds is 5. The summed E-state index contributed by atoms with van der Waals surface area (Å²) in [6.07, 6.45) is 3.82. The number of aromatic nitrogens is 2. The molecule has 0 atom stereocenters. The van der Waals surface area contributed by atoms with E-state index in [4.69, 9.17) is 0 Å². The van der Waals surface area contributed by atoms with Crippen LogP contribution < -0.4 is 10.6 Å². The van der Waals surface area contributed by atoms with Crippen LogP contribution in [-0.2, 0) is 6.54 Å². The van der Waals surface area contributed by atoms with Gasteiger partial charge in [0.25, 0.3) is 11.8 Å². The van der Waals surface area contributed by atoms with Crippen molar-refractivity contribution in [1.82, 2.24) is 15.1 Å². The van der Waals surface area contributed by atoms with Gasteiger partial charge in [0, 0.05) is 18.8 Å². The van der Waals surface area contributed by atoms with E-state index in [9.17, 15) is 9.59 Å². The molecule has 2 heterocycles. The number of nitrogens with zero attached hydrogens (tertiary/aromatic N) is 2. The summed E-state index contributed by atoms with van der Waals surface area (Å²) >= 11 is 1.33. The van der Waals surface area contributed by atoms with Gasteiger partial charge in [-0.25, -0.2) is 0 Å². The Morgan fingerprint density at radius 1 is 1.38 bits per heavy atom. The highest BCUT2D eigenvalue weighted by atomic mass is 32.1. The number of nitrogens with one attached hydrogen (secondary N) is 2. The van der Waals surface area contributed by atoms with Gasteiger partial charge in [0.2, 0.25) is 0 Å². The van der Waals surface area contributed by atoms with Crippen molar-refractivity contribution in [1.29, 1.82) is 0 Å². The molecule has 0 unspecified atom stereocenters. The SMILES string of the molecule is CCn1ccc(C(=O)Nc2sccc2C(=O)NC2CC2)n1. The molecule has 3 rings (SSSR count). The van der Waals surface area contributed by atoms with Crippen molar-refractivity contribution in [3.63, 3.8) is 0 Å². The van der Waals surface area contributed by atoms with Gasteiger partial charge in [-0.05, 0) is 37.3 Å². The van der Waals surface area contributed by atoms with Crippen LogP contribution in [0.4, 0.5) is 5.00 Å². The maximum absolute atomic E-state index is 12.1. The van der Waals surface area contributed by atoms with Crippen LogP contribution in [0.3, 0.4) is 0 Å². The Hall–Kier alpha value is -2.15. The van der Waals surface area contributed by atoms with E-state index in [2.05, 4.69) is 15.7 Å². The summed E-state index contributed by atoms with van der Waals surface area (Å²) in [7, 11) is 0. The molecule has 0 bridgehead atoms. The molecular weight excluding hydrogens is 288 g/mol. The predicted octanol–water partition coefficient (Wildman–Crippen LogP) is 2.11. The normalized spacial score (nSPS) is 14.0. The van der Waals surface area contributed by atoms with Crippen molar-refractivity contribution < 1.29 is 9.59 Å². The van der Waals surface area contributed by atoms with Crippen molar-refractivity contribution in [3.8, 4) is 0 Å². The predicted molar refractivity (Wildman–Crippen MR) is 80.7 cm³/mol. The maximum Gasteiger partial charge on any atom is 0.276 e. The van der Waals surface area contributed by atoms with Crippen molar-refractivity contribution in [3.05, 3.63) is 35.0 Å². The lowest BCUT2D eigenvalue weighted by molar-refractivity contribution is 0.0952. The van der Waals surface area contributed by atoms with Gasteiger partial charge in [-0.1, -0.05) is 0 Å². The molecule has 2 N–H and O–H groups in total. The molecule has 7 heteroatoms. The van der Waals surface area contributed by atoms with Crippen LogP contribution in [0.15, 0.2) is 23.7 Å². The Morgan fingerprint density at radius 3 is 2.86 bits per heavy atom. The Morgan fingerprint density at radius 2 is 2.19 bits per heavy atom. The molecule has 2 amide bonds. The summed E-state index contributed by atoms with van der Waals surface area (Å²) in [6.45, 7) is 2.66. The van der Waals surface area contributed by atoms with Gasteiger partial charge in [-0.15, -0.1) is 11.3 Å². The number of aryl methyl sites for hydroxylation is 1. The first-order chi connectivity index (χ1) is 10.2. The minimum absolute atomic E-state index is 0.131. The summed E-state index contributed by atoms with van der Waals surface area (Å²) < 4.78 is 1.68. The van der Waals surface area contributed by atoms with Crippen LogP contribution in [0.1, 0.15) is 40.6 Å². The lowest BCUT2D eigenvalue weighted by atomic mass is 10.3. The second-order valence-electron chi connectivity index (χ2n) is 4.92. The molecule has 0 spiro atoms. The van der Waals surface area contributed by atoms with Gasteiger partial charge in [-0.2, -0.15) is 5.10 Å². The minimum Gasteiger partial charge on any atom is -0.349 e. The van der Waals surface area contributed by atoms with Crippen LogP contribution in [0.25, 0.3) is 0 Å². The summed E-state index contributed by atoms with van der Waals surface area (Å²) in [6, 6.07) is 3.68. The second kappa shape index (κ2) is 5.69. The largest absolute Gasteiger partial charge is 0.349 e. The zero-order valence-corrected chi connectivity index (χ0v) is 12.4. The Labute approximate surface area is 126 Å². The molecule has 6 nitrogen and oxygen atoms in total. The molecule has 110 valence electrons. The van der Waals surface area contributed by atoms with Crippen LogP contribution in [-0.4, -0.2) is 27.6 Å². The van der Waals surface area contributed by atoms with E-state index in [-0.39, 0.29) is 11.8 Å². The average molecular weight is 304 g/mol. The number of carbonyl (C=O) groups excluding carboxylic acids is 2. The molecule has 2 aromatic heterocycles. The lowest BCUT2D eigenvalue weighted by Crippen LogP contribution is -2.26. The number of hydrogen-bond acceptors (Lipinski definition) is 4. The number of anilines is 1. The fourth-order valence-electron chi connectivity index (χ4n) is 1.90. The third-order valence-electron chi connectivity index (χ3n) is 3.25. The summed E-state index contributed by atoms with van der Waals surface area (Å²) in [5.74, 6) is -0.432. The van der Waals surface area contributed by atoms with E-state index >= 15 is 0 Å². The number of hydrogen-bond donors (Lipinski definition) is 2. The lowest BCUT2D eigenvalue weighted by Gasteiger charge is -2.05. The molecule has 2 aromatic rings. The van der Waals surface area contributed by atoms with E-state index in [1.807, 2.05) is 6.92 Å². The van der Waals surface area contributed by atoms with Crippen molar-refractivity contribution >= 4 is 28.2 Å². The van der Waals surface area contributed by atoms with Gasteiger partial charge in [-0.3, -0.25) is 14.3 Å². The first kappa shape index (κ1) is 13.8. The standard InChI is InChI=1S/C14H16N4O2S/c1-2-18-7-5-11(17-18)13(20)16-14-10(6-8-21-14)12(19)15-9-3-4-9/h5-9H,2-4H2,1H3,(H,15,19)(H,16,20). The topological polar surface area (TPSA) is 76.0 Å². The van der Waals surface area contributed by atoms with Crippen LogP contribution in [0.2, 0.25) is 0 Å². The molecule has 0 aromatic carbocycles. The minimum atomic E-state index is -0.301. The third kappa shape index (κ3) is 3.13. The highest BCUT2D eigenvalue weighted by molar-refractivity contribution is 7.14. The summed E-state index contributed by atoms with van der Waals surface area (Å²) in [4.78, 5) is 24.2. The van der Waals surface area contributed by atoms with Crippen molar-refractivity contribution in [2.75, 3.05) is 5.32 Å². The Balaban J connectivity index is 1.70. The third-order valence-corrected chi connectivity index (χ3v) is 4.08. The van der Waals surface area contributed by atoms with E-state index in [1.165, 1.54) is 11.3 Å². The first-order valence-corrected chi connectivity index (χ1v) is 7.78. The molecule has 1 aliphatic carbocycles. The van der Waals surface area contributed by atoms with Crippen LogP contribution in [0.5, 0.6) is 0 Å². The molecule has 0 radical (unpaired) electrons. The average Bonchev–Trinajstić information content (AvgIpc) is 2.99. The Kier molecular flexibility index (Phi) is 3.74. The van der Waals surface area contributed by atoms with Crippen molar-refractivity contribution in [2.24, 2.45) is 0 Å². The van der Waals surface area contributed by atoms with Gasteiger partial charge >= 0.3 is 0 Å². The molecule has 21 heavy (non-hydrogen) atoms. The first-order valence-electron chi connectivity index (χ1n) is 6.90. The van der Waals surface area contributed by atoms with Gasteiger partial charge in [0.15, 0.2) is 5.69 Å². The summed E-state index contributed by atoms with van der Waals surface area (Å²) in [5, 5.41) is 12.2. The molecule has 0 saturated heterocycles. The zero-order valence-electron chi connectivity index (χ0n) is 11.6. The van der Waals surface area contributed by atoms with Gasteiger partial charge in [0.1, 0.15) is 5.00 Å². The van der Waals surface area contributed by atoms with Crippen molar-refractivity contribution in [2.45, 2.75) is 32.4 Å². The van der Waals surface area contributed by atoms with Gasteiger partial charge < -0.3 is 10.6 Å². The molecule has 1 saturated carbocycles. The fourth-order valence-corrected chi connectivity index (χ4v) is 2.68. The zero-order chi connectivity index (χ0) is 14.8. The maximum atomic E-state index is 12.1.